The van der Waals surface area contributed by atoms with E-state index in [2.05, 4.69) is 84.2 Å². The summed E-state index contributed by atoms with van der Waals surface area (Å²) in [6.07, 6.45) is 4.48. The van der Waals surface area contributed by atoms with Crippen molar-refractivity contribution in [1.29, 1.82) is 0 Å². The first-order valence-electron chi connectivity index (χ1n) is 9.75. The van der Waals surface area contributed by atoms with Crippen LogP contribution in [0.2, 0.25) is 0 Å². The first kappa shape index (κ1) is 17.6. The Kier molecular flexibility index (Phi) is 4.91. The van der Waals surface area contributed by atoms with Crippen molar-refractivity contribution in [3.05, 3.63) is 72.1 Å². The maximum absolute atomic E-state index is 4.68. The highest BCUT2D eigenvalue weighted by Crippen LogP contribution is 2.22. The molecule has 1 aliphatic rings. The first-order valence-corrected chi connectivity index (χ1v) is 10.5. The van der Waals surface area contributed by atoms with Gasteiger partial charge in [0.15, 0.2) is 0 Å². The molecule has 1 saturated heterocycles. The van der Waals surface area contributed by atoms with Crippen LogP contribution in [-0.4, -0.2) is 56.3 Å². The lowest BCUT2D eigenvalue weighted by molar-refractivity contribution is 0.134. The number of para-hydroxylation sites is 2. The summed E-state index contributed by atoms with van der Waals surface area (Å²) in [6.45, 7) is 6.23. The average Bonchev–Trinajstić information content (AvgIpc) is 3.30. The summed E-state index contributed by atoms with van der Waals surface area (Å²) in [5, 5.41) is 0. The van der Waals surface area contributed by atoms with Gasteiger partial charge in [-0.15, -0.1) is 0 Å². The van der Waals surface area contributed by atoms with Crippen molar-refractivity contribution in [2.75, 3.05) is 32.7 Å². The minimum absolute atomic E-state index is 0.883. The molecule has 142 valence electrons. The van der Waals surface area contributed by atoms with E-state index in [0.29, 0.717) is 0 Å². The summed E-state index contributed by atoms with van der Waals surface area (Å²) >= 11 is 1.49. The molecule has 2 aromatic carbocycles. The molecule has 4 aromatic rings. The molecule has 28 heavy (non-hydrogen) atoms. The summed E-state index contributed by atoms with van der Waals surface area (Å²) in [7, 11) is 0. The maximum atomic E-state index is 4.68. The molecule has 1 aliphatic heterocycles. The molecule has 0 unspecified atom stereocenters. The largest absolute Gasteiger partial charge is 0.297 e. The van der Waals surface area contributed by atoms with Gasteiger partial charge in [-0.25, -0.2) is 4.98 Å². The van der Waals surface area contributed by atoms with Gasteiger partial charge < -0.3 is 0 Å². The van der Waals surface area contributed by atoms with Crippen molar-refractivity contribution in [3.8, 4) is 0 Å². The topological polar surface area (TPSA) is 36.7 Å². The number of aromatic nitrogens is 3. The zero-order chi connectivity index (χ0) is 18.8. The second-order valence-electron chi connectivity index (χ2n) is 7.21. The number of piperazine rings is 1. The molecule has 0 radical (unpaired) electrons. The quantitative estimate of drug-likeness (QED) is 0.521. The van der Waals surface area contributed by atoms with Crippen LogP contribution < -0.4 is 0 Å². The molecular formula is C22H23N5S. The van der Waals surface area contributed by atoms with Crippen LogP contribution in [0.5, 0.6) is 0 Å². The van der Waals surface area contributed by atoms with Crippen molar-refractivity contribution in [2.45, 2.75) is 6.54 Å². The predicted octanol–water partition coefficient (Wildman–Crippen LogP) is 3.78. The summed E-state index contributed by atoms with van der Waals surface area (Å²) in [5.41, 5.74) is 3.47. The van der Waals surface area contributed by atoms with Crippen molar-refractivity contribution in [2.24, 2.45) is 0 Å². The molecule has 0 N–H and O–H groups in total. The van der Waals surface area contributed by atoms with E-state index in [4.69, 9.17) is 0 Å². The number of nitrogens with zero attached hydrogens (tertiary/aromatic N) is 5. The van der Waals surface area contributed by atoms with Crippen LogP contribution in [0.15, 0.2) is 60.7 Å². The highest BCUT2D eigenvalue weighted by molar-refractivity contribution is 7.11. The van der Waals surface area contributed by atoms with Gasteiger partial charge in [-0.2, -0.15) is 4.37 Å². The van der Waals surface area contributed by atoms with Crippen molar-refractivity contribution in [1.82, 2.24) is 23.6 Å². The summed E-state index contributed by atoms with van der Waals surface area (Å²) in [4.78, 5) is 10.7. The molecule has 6 heteroatoms. The van der Waals surface area contributed by atoms with Gasteiger partial charge in [-0.3, -0.25) is 14.2 Å². The molecule has 5 rings (SSSR count). The minimum Gasteiger partial charge on any atom is -0.297 e. The monoisotopic (exact) mass is 389 g/mol. The molecule has 5 nitrogen and oxygen atoms in total. The summed E-state index contributed by atoms with van der Waals surface area (Å²) in [5.74, 6) is 1.10. The maximum Gasteiger partial charge on any atom is 0.214 e. The zero-order valence-electron chi connectivity index (χ0n) is 15.7. The van der Waals surface area contributed by atoms with Gasteiger partial charge in [-0.05, 0) is 17.7 Å². The third kappa shape index (κ3) is 3.58. The fourth-order valence-electron chi connectivity index (χ4n) is 3.78. The number of hydrogen-bond acceptors (Lipinski definition) is 5. The molecule has 0 bridgehead atoms. The number of benzene rings is 2. The minimum atomic E-state index is 0.883. The number of fused-ring (bicyclic) bond motifs is 3. The van der Waals surface area contributed by atoms with Crippen LogP contribution in [0.4, 0.5) is 0 Å². The lowest BCUT2D eigenvalue weighted by atomic mass is 10.2. The highest BCUT2D eigenvalue weighted by Gasteiger charge is 2.19. The van der Waals surface area contributed by atoms with Crippen LogP contribution >= 0.6 is 11.5 Å². The molecular weight excluding hydrogens is 366 g/mol. The Hall–Kier alpha value is -2.54. The molecule has 0 saturated carbocycles. The Balaban J connectivity index is 1.20. The van der Waals surface area contributed by atoms with E-state index >= 15 is 0 Å². The molecule has 0 aliphatic carbocycles. The van der Waals surface area contributed by atoms with Gasteiger partial charge >= 0.3 is 0 Å². The van der Waals surface area contributed by atoms with Crippen LogP contribution in [-0.2, 0) is 6.54 Å². The lowest BCUT2D eigenvalue weighted by Gasteiger charge is -2.33. The first-order chi connectivity index (χ1) is 13.9. The van der Waals surface area contributed by atoms with Crippen molar-refractivity contribution in [3.63, 3.8) is 0 Å². The SMILES string of the molecule is C(=Cc1ccccc1)CN1CCN(Cc2nsc3nc4ccccc4n23)CC1. The highest BCUT2D eigenvalue weighted by atomic mass is 32.1. The fourth-order valence-corrected chi connectivity index (χ4v) is 4.53. The number of rotatable bonds is 5. The number of hydrogen-bond donors (Lipinski definition) is 0. The Bertz CT molecular complexity index is 1090. The van der Waals surface area contributed by atoms with Crippen LogP contribution in [0.25, 0.3) is 22.1 Å². The van der Waals surface area contributed by atoms with E-state index in [0.717, 1.165) is 61.1 Å². The van der Waals surface area contributed by atoms with Gasteiger partial charge in [0, 0.05) is 44.3 Å². The number of imidazole rings is 1. The second kappa shape index (κ2) is 7.83. The lowest BCUT2D eigenvalue weighted by Crippen LogP contribution is -2.46. The van der Waals surface area contributed by atoms with E-state index in [1.54, 1.807) is 0 Å². The van der Waals surface area contributed by atoms with Gasteiger partial charge in [0.05, 0.1) is 17.6 Å². The second-order valence-corrected chi connectivity index (χ2v) is 7.94. The molecule has 0 spiro atoms. The standard InChI is InChI=1S/C22H23N5S/c1-2-7-18(8-3-1)9-6-12-25-13-15-26(16-14-25)17-21-24-28-22-23-19-10-4-5-11-20(19)27(21)22/h1-11H,12-17H2. The Morgan fingerprint density at radius 3 is 2.50 bits per heavy atom. The van der Waals surface area contributed by atoms with E-state index < -0.39 is 0 Å². The Morgan fingerprint density at radius 1 is 0.893 bits per heavy atom. The fraction of sp³-hybridized carbons (Fsp3) is 0.273. The molecule has 3 heterocycles. The smallest absolute Gasteiger partial charge is 0.214 e. The third-order valence-corrected chi connectivity index (χ3v) is 6.06. The Morgan fingerprint density at radius 2 is 1.64 bits per heavy atom. The summed E-state index contributed by atoms with van der Waals surface area (Å²) < 4.78 is 6.89. The molecule has 1 fully saturated rings. The molecule has 2 aromatic heterocycles. The summed E-state index contributed by atoms with van der Waals surface area (Å²) in [6, 6.07) is 18.8. The van der Waals surface area contributed by atoms with Crippen molar-refractivity contribution >= 4 is 33.6 Å². The van der Waals surface area contributed by atoms with Gasteiger partial charge in [0.2, 0.25) is 4.96 Å². The van der Waals surface area contributed by atoms with Gasteiger partial charge in [-0.1, -0.05) is 54.6 Å². The molecule has 0 atom stereocenters. The zero-order valence-corrected chi connectivity index (χ0v) is 16.6. The van der Waals surface area contributed by atoms with Gasteiger partial charge in [0.25, 0.3) is 0 Å². The van der Waals surface area contributed by atoms with E-state index in [-0.39, 0.29) is 0 Å². The van der Waals surface area contributed by atoms with E-state index in [9.17, 15) is 0 Å². The third-order valence-electron chi connectivity index (χ3n) is 5.32. The van der Waals surface area contributed by atoms with Crippen LogP contribution in [0.3, 0.4) is 0 Å². The van der Waals surface area contributed by atoms with Crippen LogP contribution in [0.1, 0.15) is 11.4 Å². The van der Waals surface area contributed by atoms with Crippen LogP contribution in [0, 0.1) is 0 Å². The van der Waals surface area contributed by atoms with E-state index in [1.165, 1.54) is 17.1 Å². The van der Waals surface area contributed by atoms with Crippen molar-refractivity contribution < 1.29 is 0 Å². The van der Waals surface area contributed by atoms with Gasteiger partial charge in [0.1, 0.15) is 5.82 Å². The average molecular weight is 390 g/mol. The molecule has 0 amide bonds. The predicted molar refractivity (Wildman–Crippen MR) is 116 cm³/mol. The normalized spacial score (nSPS) is 16.6. The Labute approximate surface area is 168 Å². The van der Waals surface area contributed by atoms with E-state index in [1.807, 2.05) is 6.07 Å².